The van der Waals surface area contributed by atoms with Gasteiger partial charge in [0.15, 0.2) is 0 Å². The van der Waals surface area contributed by atoms with Crippen molar-refractivity contribution in [1.29, 1.82) is 0 Å². The number of nitrogens with zero attached hydrogens (tertiary/aromatic N) is 3. The predicted octanol–water partition coefficient (Wildman–Crippen LogP) is 3.83. The standard InChI is InChI=1S/C23H35N3O2/c1-18(2)15-28-21-6-4-19(5-7-21)14-25-16-23(10-11-23)17-26(22(25)27)20-8-12-24(3)13-9-20/h4-7,18,20H,8-17H2,1-3H3. The molecule has 0 unspecified atom stereocenters. The summed E-state index contributed by atoms with van der Waals surface area (Å²) in [5.41, 5.74) is 1.55. The van der Waals surface area contributed by atoms with Crippen LogP contribution < -0.4 is 4.74 Å². The molecule has 4 rings (SSSR count). The van der Waals surface area contributed by atoms with E-state index in [2.05, 4.69) is 47.7 Å². The smallest absolute Gasteiger partial charge is 0.320 e. The Kier molecular flexibility index (Phi) is 5.55. The summed E-state index contributed by atoms with van der Waals surface area (Å²) in [5.74, 6) is 1.43. The second-order valence-corrected chi connectivity index (χ2v) is 9.65. The van der Waals surface area contributed by atoms with Crippen molar-refractivity contribution in [3.05, 3.63) is 29.8 Å². The lowest BCUT2D eigenvalue weighted by Gasteiger charge is -2.46. The number of rotatable bonds is 6. The summed E-state index contributed by atoms with van der Waals surface area (Å²) >= 11 is 0. The fraction of sp³-hybridized carbons (Fsp3) is 0.696. The Balaban J connectivity index is 1.41. The van der Waals surface area contributed by atoms with E-state index in [1.807, 2.05) is 12.1 Å². The average Bonchev–Trinajstić information content (AvgIpc) is 3.43. The summed E-state index contributed by atoms with van der Waals surface area (Å²) < 4.78 is 5.79. The van der Waals surface area contributed by atoms with Crippen LogP contribution in [0.15, 0.2) is 24.3 Å². The third kappa shape index (κ3) is 4.45. The summed E-state index contributed by atoms with van der Waals surface area (Å²) in [6.45, 7) is 9.82. The van der Waals surface area contributed by atoms with E-state index in [0.717, 1.165) is 51.4 Å². The molecule has 1 aromatic rings. The van der Waals surface area contributed by atoms with E-state index in [9.17, 15) is 4.79 Å². The van der Waals surface area contributed by atoms with Crippen molar-refractivity contribution < 1.29 is 9.53 Å². The Morgan fingerprint density at radius 1 is 1.11 bits per heavy atom. The predicted molar refractivity (Wildman–Crippen MR) is 111 cm³/mol. The highest BCUT2D eigenvalue weighted by atomic mass is 16.5. The number of urea groups is 1. The topological polar surface area (TPSA) is 36.0 Å². The molecule has 3 fully saturated rings. The molecule has 1 saturated carbocycles. The van der Waals surface area contributed by atoms with E-state index in [1.165, 1.54) is 18.4 Å². The van der Waals surface area contributed by atoms with Crippen LogP contribution in [0.5, 0.6) is 5.75 Å². The minimum atomic E-state index is 0.243. The average molecular weight is 386 g/mol. The SMILES string of the molecule is CC(C)COc1ccc(CN2CC3(CC3)CN(C3CCN(C)CC3)C2=O)cc1. The Morgan fingerprint density at radius 2 is 1.79 bits per heavy atom. The molecular formula is C23H35N3O2. The van der Waals surface area contributed by atoms with Gasteiger partial charge in [0.2, 0.25) is 0 Å². The Hall–Kier alpha value is -1.75. The van der Waals surface area contributed by atoms with Gasteiger partial charge >= 0.3 is 6.03 Å². The molecule has 0 bridgehead atoms. The number of likely N-dealkylation sites (tertiary alicyclic amines) is 1. The first-order valence-electron chi connectivity index (χ1n) is 10.9. The number of piperidine rings is 1. The summed E-state index contributed by atoms with van der Waals surface area (Å²) in [6.07, 6.45) is 4.74. The van der Waals surface area contributed by atoms with Crippen LogP contribution in [0.25, 0.3) is 0 Å². The van der Waals surface area contributed by atoms with E-state index < -0.39 is 0 Å². The molecule has 1 spiro atoms. The summed E-state index contributed by atoms with van der Waals surface area (Å²) in [6, 6.07) is 8.94. The van der Waals surface area contributed by atoms with Crippen LogP contribution in [0.4, 0.5) is 4.79 Å². The van der Waals surface area contributed by atoms with E-state index in [-0.39, 0.29) is 6.03 Å². The molecule has 2 amide bonds. The molecule has 5 heteroatoms. The van der Waals surface area contributed by atoms with Gasteiger partial charge in [-0.3, -0.25) is 0 Å². The molecule has 154 valence electrons. The summed E-state index contributed by atoms with van der Waals surface area (Å²) in [7, 11) is 2.18. The molecule has 1 aromatic carbocycles. The summed E-state index contributed by atoms with van der Waals surface area (Å²) in [4.78, 5) is 20.0. The maximum atomic E-state index is 13.3. The van der Waals surface area contributed by atoms with Crippen molar-refractivity contribution in [2.24, 2.45) is 11.3 Å². The van der Waals surface area contributed by atoms with Crippen LogP contribution in [0.2, 0.25) is 0 Å². The minimum Gasteiger partial charge on any atom is -0.493 e. The Bertz CT molecular complexity index is 676. The van der Waals surface area contributed by atoms with Gasteiger partial charge in [-0.25, -0.2) is 4.79 Å². The monoisotopic (exact) mass is 385 g/mol. The highest BCUT2D eigenvalue weighted by Gasteiger charge is 2.52. The molecule has 1 aliphatic carbocycles. The first kappa shape index (κ1) is 19.6. The zero-order valence-corrected chi connectivity index (χ0v) is 17.7. The van der Waals surface area contributed by atoms with Crippen LogP contribution in [0, 0.1) is 11.3 Å². The van der Waals surface area contributed by atoms with Gasteiger partial charge in [0.05, 0.1) is 6.61 Å². The number of carbonyl (C=O) groups excluding carboxylic acids is 1. The molecule has 0 aromatic heterocycles. The quantitative estimate of drug-likeness (QED) is 0.747. The maximum absolute atomic E-state index is 13.3. The Labute approximate surface area is 169 Å². The molecule has 0 N–H and O–H groups in total. The maximum Gasteiger partial charge on any atom is 0.320 e. The van der Waals surface area contributed by atoms with Crippen molar-refractivity contribution >= 4 is 6.03 Å². The second kappa shape index (κ2) is 7.94. The van der Waals surface area contributed by atoms with E-state index in [4.69, 9.17) is 4.74 Å². The number of hydrogen-bond acceptors (Lipinski definition) is 3. The first-order chi connectivity index (χ1) is 13.4. The normalized spacial score (nSPS) is 22.9. The van der Waals surface area contributed by atoms with Crippen LogP contribution in [0.1, 0.15) is 45.1 Å². The third-order valence-corrected chi connectivity index (χ3v) is 6.51. The van der Waals surface area contributed by atoms with E-state index >= 15 is 0 Å². The molecule has 0 atom stereocenters. The zero-order valence-electron chi connectivity index (χ0n) is 17.7. The van der Waals surface area contributed by atoms with Gasteiger partial charge in [0.25, 0.3) is 0 Å². The van der Waals surface area contributed by atoms with Crippen LogP contribution in [-0.4, -0.2) is 66.6 Å². The van der Waals surface area contributed by atoms with Gasteiger partial charge in [-0.05, 0) is 69.4 Å². The fourth-order valence-corrected chi connectivity index (χ4v) is 4.52. The van der Waals surface area contributed by atoms with E-state index in [0.29, 0.717) is 23.9 Å². The molecule has 0 radical (unpaired) electrons. The third-order valence-electron chi connectivity index (χ3n) is 6.51. The molecule has 2 aliphatic heterocycles. The van der Waals surface area contributed by atoms with Crippen LogP contribution in [0.3, 0.4) is 0 Å². The highest BCUT2D eigenvalue weighted by molar-refractivity contribution is 5.76. The summed E-state index contributed by atoms with van der Waals surface area (Å²) in [5, 5.41) is 0. The number of hydrogen-bond donors (Lipinski definition) is 0. The number of ether oxygens (including phenoxy) is 1. The zero-order chi connectivity index (χ0) is 19.7. The van der Waals surface area contributed by atoms with Gasteiger partial charge in [0, 0.05) is 31.1 Å². The lowest BCUT2D eigenvalue weighted by molar-refractivity contribution is 0.0521. The first-order valence-corrected chi connectivity index (χ1v) is 10.9. The van der Waals surface area contributed by atoms with Gasteiger partial charge in [-0.15, -0.1) is 0 Å². The number of benzene rings is 1. The van der Waals surface area contributed by atoms with Gasteiger partial charge < -0.3 is 19.4 Å². The van der Waals surface area contributed by atoms with Gasteiger partial charge in [-0.2, -0.15) is 0 Å². The largest absolute Gasteiger partial charge is 0.493 e. The number of carbonyl (C=O) groups is 1. The van der Waals surface area contributed by atoms with Crippen molar-refractivity contribution in [2.45, 2.75) is 52.1 Å². The van der Waals surface area contributed by atoms with Crippen molar-refractivity contribution in [3.8, 4) is 5.75 Å². The fourth-order valence-electron chi connectivity index (χ4n) is 4.52. The molecule has 5 nitrogen and oxygen atoms in total. The second-order valence-electron chi connectivity index (χ2n) is 9.65. The molecule has 2 heterocycles. The van der Waals surface area contributed by atoms with Crippen molar-refractivity contribution in [1.82, 2.24) is 14.7 Å². The van der Waals surface area contributed by atoms with Gasteiger partial charge in [-0.1, -0.05) is 26.0 Å². The van der Waals surface area contributed by atoms with Crippen LogP contribution >= 0.6 is 0 Å². The van der Waals surface area contributed by atoms with E-state index in [1.54, 1.807) is 0 Å². The lowest BCUT2D eigenvalue weighted by Crippen LogP contribution is -2.58. The molecule has 2 saturated heterocycles. The van der Waals surface area contributed by atoms with Crippen molar-refractivity contribution in [2.75, 3.05) is 39.8 Å². The molecular weight excluding hydrogens is 350 g/mol. The Morgan fingerprint density at radius 3 is 2.39 bits per heavy atom. The molecule has 3 aliphatic rings. The lowest BCUT2D eigenvalue weighted by atomic mass is 9.97. The molecule has 28 heavy (non-hydrogen) atoms. The van der Waals surface area contributed by atoms with Gasteiger partial charge in [0.1, 0.15) is 5.75 Å². The number of amides is 2. The van der Waals surface area contributed by atoms with Crippen LogP contribution in [-0.2, 0) is 6.54 Å². The minimum absolute atomic E-state index is 0.243. The van der Waals surface area contributed by atoms with Crippen molar-refractivity contribution in [3.63, 3.8) is 0 Å². The highest BCUT2D eigenvalue weighted by Crippen LogP contribution is 2.50.